The Morgan fingerprint density at radius 3 is 2.62 bits per heavy atom. The quantitative estimate of drug-likeness (QED) is 0.855. The summed E-state index contributed by atoms with van der Waals surface area (Å²) < 4.78 is 36.8. The van der Waals surface area contributed by atoms with Crippen molar-refractivity contribution in [3.63, 3.8) is 0 Å². The van der Waals surface area contributed by atoms with Crippen LogP contribution in [0.2, 0.25) is 0 Å². The zero-order valence-corrected chi connectivity index (χ0v) is 14.1. The lowest BCUT2D eigenvalue weighted by Gasteiger charge is -2.32. The van der Waals surface area contributed by atoms with Crippen LogP contribution in [0.5, 0.6) is 11.5 Å². The van der Waals surface area contributed by atoms with Crippen LogP contribution in [-0.4, -0.2) is 28.9 Å². The van der Waals surface area contributed by atoms with Gasteiger partial charge in [-0.1, -0.05) is 20.8 Å². The second kappa shape index (κ2) is 5.72. The molecule has 0 saturated carbocycles. The summed E-state index contributed by atoms with van der Waals surface area (Å²) in [4.78, 5) is 16.8. The Bertz CT molecular complexity index is 793. The lowest BCUT2D eigenvalue weighted by Crippen LogP contribution is -2.30. The third-order valence-electron chi connectivity index (χ3n) is 4.57. The van der Waals surface area contributed by atoms with E-state index >= 15 is 0 Å². The van der Waals surface area contributed by atoms with Crippen molar-refractivity contribution in [2.24, 2.45) is 11.3 Å². The van der Waals surface area contributed by atoms with E-state index in [1.165, 1.54) is 13.2 Å². The van der Waals surface area contributed by atoms with Gasteiger partial charge in [0, 0.05) is 12.5 Å². The number of nitrogens with zero attached hydrogens (tertiary/aromatic N) is 2. The van der Waals surface area contributed by atoms with Crippen molar-refractivity contribution >= 4 is 11.4 Å². The average molecular weight is 338 g/mol. The lowest BCUT2D eigenvalue weighted by atomic mass is 9.72. The number of carbonyl (C=O) groups is 1. The highest BCUT2D eigenvalue weighted by Crippen LogP contribution is 2.39. The fourth-order valence-corrected chi connectivity index (χ4v) is 3.09. The number of alkyl halides is 2. The van der Waals surface area contributed by atoms with Crippen molar-refractivity contribution in [3.05, 3.63) is 23.7 Å². The van der Waals surface area contributed by atoms with E-state index in [2.05, 4.69) is 30.5 Å². The van der Waals surface area contributed by atoms with Gasteiger partial charge in [0.2, 0.25) is 0 Å². The molecular formula is C17H20F2N2O3. The molecular weight excluding hydrogens is 318 g/mol. The summed E-state index contributed by atoms with van der Waals surface area (Å²) in [5.41, 5.74) is 1.23. The smallest absolute Gasteiger partial charge is 0.387 e. The lowest BCUT2D eigenvalue weighted by molar-refractivity contribution is -0.0492. The van der Waals surface area contributed by atoms with Crippen molar-refractivity contribution in [2.75, 3.05) is 7.11 Å². The van der Waals surface area contributed by atoms with Crippen LogP contribution in [0.15, 0.2) is 12.3 Å². The maximum absolute atomic E-state index is 12.7. The summed E-state index contributed by atoms with van der Waals surface area (Å²) >= 11 is 0. The van der Waals surface area contributed by atoms with Gasteiger partial charge >= 0.3 is 6.61 Å². The fraction of sp³-hybridized carbons (Fsp3) is 0.529. The van der Waals surface area contributed by atoms with Crippen LogP contribution in [0.3, 0.4) is 0 Å². The summed E-state index contributed by atoms with van der Waals surface area (Å²) in [6.07, 6.45) is 2.70. The monoisotopic (exact) mass is 338 g/mol. The molecule has 5 nitrogen and oxygen atoms in total. The van der Waals surface area contributed by atoms with Gasteiger partial charge in [0.15, 0.2) is 17.2 Å². The summed E-state index contributed by atoms with van der Waals surface area (Å²) in [6, 6.07) is 1.35. The second-order valence-electron chi connectivity index (χ2n) is 7.12. The molecule has 3 rings (SSSR count). The Hall–Kier alpha value is -2.18. The van der Waals surface area contributed by atoms with Crippen molar-refractivity contribution in [2.45, 2.75) is 40.2 Å². The molecule has 0 bridgehead atoms. The average Bonchev–Trinajstić information content (AvgIpc) is 2.85. The Morgan fingerprint density at radius 2 is 2.04 bits per heavy atom. The third-order valence-corrected chi connectivity index (χ3v) is 4.57. The molecule has 1 atom stereocenters. The standard InChI is InChI=1S/C17H20F2N2O3/c1-17(2,3)9-5-11-14(12(22)6-9)20-15-13(24-16(18)19)7-10(23-4)8-21(11)15/h7-9,16H,5-6H2,1-4H3/t9-/m1/s1. The second-order valence-corrected chi connectivity index (χ2v) is 7.12. The zero-order chi connectivity index (χ0) is 17.6. The number of ether oxygens (including phenoxy) is 2. The minimum atomic E-state index is -2.98. The first-order chi connectivity index (χ1) is 11.2. The fourth-order valence-electron chi connectivity index (χ4n) is 3.09. The van der Waals surface area contributed by atoms with Gasteiger partial charge in [0.1, 0.15) is 11.4 Å². The van der Waals surface area contributed by atoms with E-state index < -0.39 is 6.61 Å². The Kier molecular flexibility index (Phi) is 3.97. The molecule has 0 aliphatic heterocycles. The summed E-state index contributed by atoms with van der Waals surface area (Å²) in [5.74, 6) is 0.354. The van der Waals surface area contributed by atoms with E-state index in [0.29, 0.717) is 24.3 Å². The summed E-state index contributed by atoms with van der Waals surface area (Å²) in [6.45, 7) is 3.29. The van der Waals surface area contributed by atoms with E-state index in [1.54, 1.807) is 10.6 Å². The zero-order valence-electron chi connectivity index (χ0n) is 14.1. The number of hydrogen-bond donors (Lipinski definition) is 0. The molecule has 2 aromatic rings. The normalized spacial score (nSPS) is 18.1. The van der Waals surface area contributed by atoms with Gasteiger partial charge in [-0.2, -0.15) is 8.78 Å². The molecule has 0 aromatic carbocycles. The molecule has 0 saturated heterocycles. The van der Waals surface area contributed by atoms with Crippen LogP contribution in [0, 0.1) is 11.3 Å². The molecule has 0 radical (unpaired) electrons. The maximum atomic E-state index is 12.7. The number of imidazole rings is 1. The van der Waals surface area contributed by atoms with E-state index in [-0.39, 0.29) is 28.5 Å². The minimum absolute atomic E-state index is 0.0430. The van der Waals surface area contributed by atoms with Gasteiger partial charge in [-0.15, -0.1) is 0 Å². The van der Waals surface area contributed by atoms with Gasteiger partial charge in [0.05, 0.1) is 19.0 Å². The van der Waals surface area contributed by atoms with Crippen LogP contribution in [0.1, 0.15) is 43.4 Å². The minimum Gasteiger partial charge on any atom is -0.495 e. The van der Waals surface area contributed by atoms with Gasteiger partial charge in [0.25, 0.3) is 0 Å². The van der Waals surface area contributed by atoms with Crippen molar-refractivity contribution in [1.82, 2.24) is 9.38 Å². The SMILES string of the molecule is COc1cc(OC(F)F)c2nc3c(n2c1)C[C@@H](C(C)(C)C)CC3=O. The molecule has 0 N–H and O–H groups in total. The Balaban J connectivity index is 2.19. The van der Waals surface area contributed by atoms with E-state index in [0.717, 1.165) is 5.69 Å². The third kappa shape index (κ3) is 2.83. The van der Waals surface area contributed by atoms with Crippen molar-refractivity contribution in [1.29, 1.82) is 0 Å². The number of methoxy groups -OCH3 is 1. The number of hydrogen-bond acceptors (Lipinski definition) is 4. The predicted octanol–water partition coefficient (Wildman–Crippen LogP) is 3.74. The van der Waals surface area contributed by atoms with Crippen LogP contribution >= 0.6 is 0 Å². The topological polar surface area (TPSA) is 52.8 Å². The molecule has 0 amide bonds. The van der Waals surface area contributed by atoms with Gasteiger partial charge < -0.3 is 9.47 Å². The first-order valence-electron chi connectivity index (χ1n) is 7.77. The summed E-state index contributed by atoms with van der Waals surface area (Å²) in [5, 5.41) is 0. The molecule has 2 heterocycles. The van der Waals surface area contributed by atoms with Crippen LogP contribution in [0.4, 0.5) is 8.78 Å². The number of Topliss-reactive ketones (excluding diaryl/α,β-unsaturated/α-hetero) is 1. The first kappa shape index (κ1) is 16.7. The largest absolute Gasteiger partial charge is 0.495 e. The van der Waals surface area contributed by atoms with Gasteiger partial charge in [-0.3, -0.25) is 9.20 Å². The number of fused-ring (bicyclic) bond motifs is 3. The maximum Gasteiger partial charge on any atom is 0.387 e. The molecule has 130 valence electrons. The van der Waals surface area contributed by atoms with Crippen LogP contribution < -0.4 is 9.47 Å². The molecule has 1 aliphatic carbocycles. The number of rotatable bonds is 3. The van der Waals surface area contributed by atoms with Crippen molar-refractivity contribution < 1.29 is 23.0 Å². The van der Waals surface area contributed by atoms with Crippen LogP contribution in [0.25, 0.3) is 5.65 Å². The summed E-state index contributed by atoms with van der Waals surface area (Å²) in [7, 11) is 1.44. The Labute approximate surface area is 138 Å². The highest BCUT2D eigenvalue weighted by Gasteiger charge is 2.36. The van der Waals surface area contributed by atoms with Gasteiger partial charge in [-0.05, 0) is 17.8 Å². The number of aromatic nitrogens is 2. The first-order valence-corrected chi connectivity index (χ1v) is 7.77. The predicted molar refractivity (Wildman–Crippen MR) is 84.0 cm³/mol. The Morgan fingerprint density at radius 1 is 1.33 bits per heavy atom. The number of carbonyl (C=O) groups excluding carboxylic acids is 1. The molecule has 0 spiro atoms. The molecule has 2 aromatic heterocycles. The van der Waals surface area contributed by atoms with Crippen molar-refractivity contribution in [3.8, 4) is 11.5 Å². The number of ketones is 1. The molecule has 24 heavy (non-hydrogen) atoms. The van der Waals surface area contributed by atoms with E-state index in [9.17, 15) is 13.6 Å². The number of halogens is 2. The number of pyridine rings is 1. The van der Waals surface area contributed by atoms with Crippen LogP contribution in [-0.2, 0) is 6.42 Å². The van der Waals surface area contributed by atoms with E-state index in [4.69, 9.17) is 4.74 Å². The highest BCUT2D eigenvalue weighted by atomic mass is 19.3. The van der Waals surface area contributed by atoms with E-state index in [1.807, 2.05) is 0 Å². The highest BCUT2D eigenvalue weighted by molar-refractivity contribution is 5.97. The molecule has 0 unspecified atom stereocenters. The van der Waals surface area contributed by atoms with Gasteiger partial charge in [-0.25, -0.2) is 4.98 Å². The molecule has 1 aliphatic rings. The molecule has 7 heteroatoms. The molecule has 0 fully saturated rings.